The van der Waals surface area contributed by atoms with Gasteiger partial charge in [-0.25, -0.2) is 0 Å². The number of thiophene rings is 1. The van der Waals surface area contributed by atoms with Crippen LogP contribution in [0.3, 0.4) is 0 Å². The largest absolute Gasteiger partial charge is 0.508 e. The number of benzene rings is 1. The molecule has 2 aromatic rings. The summed E-state index contributed by atoms with van der Waals surface area (Å²) in [5, 5.41) is 12.3. The maximum absolute atomic E-state index is 12.1. The Hall–Kier alpha value is -2.01. The van der Waals surface area contributed by atoms with Crippen molar-refractivity contribution in [2.75, 3.05) is 5.73 Å². The first-order valence-corrected chi connectivity index (χ1v) is 7.22. The molecule has 1 amide bonds. The van der Waals surface area contributed by atoms with Crippen molar-refractivity contribution in [2.45, 2.75) is 26.3 Å². The lowest BCUT2D eigenvalue weighted by atomic mass is 10.1. The van der Waals surface area contributed by atoms with Gasteiger partial charge < -0.3 is 16.2 Å². The summed E-state index contributed by atoms with van der Waals surface area (Å²) < 4.78 is 0. The zero-order chi connectivity index (χ0) is 14.7. The molecule has 1 aromatic carbocycles. The number of rotatable bonds is 4. The molecular weight excluding hydrogens is 272 g/mol. The van der Waals surface area contributed by atoms with Crippen molar-refractivity contribution in [3.05, 3.63) is 45.6 Å². The molecule has 0 aliphatic rings. The van der Waals surface area contributed by atoms with Gasteiger partial charge in [0.15, 0.2) is 0 Å². The van der Waals surface area contributed by atoms with Gasteiger partial charge in [-0.2, -0.15) is 0 Å². The monoisotopic (exact) mass is 290 g/mol. The number of amides is 1. The van der Waals surface area contributed by atoms with Gasteiger partial charge in [0.05, 0.1) is 5.56 Å². The van der Waals surface area contributed by atoms with Crippen molar-refractivity contribution in [3.63, 3.8) is 0 Å². The molecule has 0 spiro atoms. The molecule has 1 unspecified atom stereocenters. The summed E-state index contributed by atoms with van der Waals surface area (Å²) in [7, 11) is 0. The van der Waals surface area contributed by atoms with Crippen LogP contribution in [-0.4, -0.2) is 17.1 Å². The van der Waals surface area contributed by atoms with Gasteiger partial charge >= 0.3 is 0 Å². The lowest BCUT2D eigenvalue weighted by Crippen LogP contribution is -2.34. The first kappa shape index (κ1) is 14.4. The summed E-state index contributed by atoms with van der Waals surface area (Å²) >= 11 is 1.73. The predicted molar refractivity (Wildman–Crippen MR) is 82.2 cm³/mol. The van der Waals surface area contributed by atoms with E-state index in [0.717, 1.165) is 6.42 Å². The number of aromatic hydroxyl groups is 1. The van der Waals surface area contributed by atoms with E-state index in [0.29, 0.717) is 11.3 Å². The fraction of sp³-hybridized carbons (Fsp3) is 0.267. The zero-order valence-electron chi connectivity index (χ0n) is 11.5. The molecule has 0 saturated heterocycles. The molecule has 0 aliphatic carbocycles. The van der Waals surface area contributed by atoms with Gasteiger partial charge in [-0.15, -0.1) is 11.3 Å². The normalized spacial score (nSPS) is 12.1. The molecule has 4 N–H and O–H groups in total. The average molecular weight is 290 g/mol. The van der Waals surface area contributed by atoms with Crippen LogP contribution in [0.4, 0.5) is 5.69 Å². The van der Waals surface area contributed by atoms with E-state index in [4.69, 9.17) is 5.73 Å². The Morgan fingerprint density at radius 2 is 2.15 bits per heavy atom. The lowest BCUT2D eigenvalue weighted by Gasteiger charge is -2.14. The van der Waals surface area contributed by atoms with E-state index in [9.17, 15) is 9.90 Å². The molecule has 2 rings (SSSR count). The van der Waals surface area contributed by atoms with Crippen LogP contribution in [0.25, 0.3) is 0 Å². The maximum atomic E-state index is 12.1. The minimum absolute atomic E-state index is 0.00213. The molecule has 5 heteroatoms. The van der Waals surface area contributed by atoms with Crippen LogP contribution in [0.1, 0.15) is 27.0 Å². The Labute approximate surface area is 122 Å². The second-order valence-corrected chi connectivity index (χ2v) is 6.23. The third-order valence-electron chi connectivity index (χ3n) is 2.96. The molecule has 0 saturated carbocycles. The van der Waals surface area contributed by atoms with E-state index < -0.39 is 0 Å². The highest BCUT2D eigenvalue weighted by molar-refractivity contribution is 7.11. The first-order chi connectivity index (χ1) is 9.45. The highest BCUT2D eigenvalue weighted by atomic mass is 32.1. The van der Waals surface area contributed by atoms with Crippen molar-refractivity contribution >= 4 is 22.9 Å². The summed E-state index contributed by atoms with van der Waals surface area (Å²) in [6.07, 6.45) is 0.781. The van der Waals surface area contributed by atoms with Crippen LogP contribution in [0.2, 0.25) is 0 Å². The Morgan fingerprint density at radius 3 is 2.80 bits per heavy atom. The highest BCUT2D eigenvalue weighted by Crippen LogP contribution is 2.19. The molecule has 20 heavy (non-hydrogen) atoms. The molecule has 0 fully saturated rings. The molecule has 106 valence electrons. The SMILES string of the molecule is Cc1ccc(CC(C)NC(=O)c2cc(O)ccc2N)s1. The molecule has 1 atom stereocenters. The Bertz CT molecular complexity index is 622. The van der Waals surface area contributed by atoms with Crippen molar-refractivity contribution in [1.82, 2.24) is 5.32 Å². The van der Waals surface area contributed by atoms with Gasteiger partial charge in [0.1, 0.15) is 5.75 Å². The summed E-state index contributed by atoms with van der Waals surface area (Å²) in [5.41, 5.74) is 6.42. The molecule has 4 nitrogen and oxygen atoms in total. The van der Waals surface area contributed by atoms with Gasteiger partial charge in [0, 0.05) is 27.9 Å². The number of nitrogen functional groups attached to an aromatic ring is 1. The second-order valence-electron chi connectivity index (χ2n) is 4.86. The topological polar surface area (TPSA) is 75.3 Å². The van der Waals surface area contributed by atoms with Crippen LogP contribution >= 0.6 is 11.3 Å². The Kier molecular flexibility index (Phi) is 4.29. The average Bonchev–Trinajstić information content (AvgIpc) is 2.77. The summed E-state index contributed by atoms with van der Waals surface area (Å²) in [5.74, 6) is -0.231. The highest BCUT2D eigenvalue weighted by Gasteiger charge is 2.14. The third kappa shape index (κ3) is 3.51. The molecular formula is C15H18N2O2S. The van der Waals surface area contributed by atoms with Crippen LogP contribution in [0.15, 0.2) is 30.3 Å². The van der Waals surface area contributed by atoms with E-state index in [1.54, 1.807) is 11.3 Å². The molecule has 1 heterocycles. The molecule has 0 bridgehead atoms. The summed E-state index contributed by atoms with van der Waals surface area (Å²) in [6.45, 7) is 4.01. The Morgan fingerprint density at radius 1 is 1.40 bits per heavy atom. The third-order valence-corrected chi connectivity index (χ3v) is 3.99. The number of aryl methyl sites for hydroxylation is 1. The number of anilines is 1. The quantitative estimate of drug-likeness (QED) is 0.598. The van der Waals surface area contributed by atoms with Crippen molar-refractivity contribution in [3.8, 4) is 5.75 Å². The maximum Gasteiger partial charge on any atom is 0.253 e. The summed E-state index contributed by atoms with van der Waals surface area (Å²) in [6, 6.07) is 8.52. The summed E-state index contributed by atoms with van der Waals surface area (Å²) in [4.78, 5) is 14.6. The number of nitrogens with one attached hydrogen (secondary N) is 1. The molecule has 0 aliphatic heterocycles. The minimum atomic E-state index is -0.265. The van der Waals surface area contributed by atoms with Crippen LogP contribution in [0.5, 0.6) is 5.75 Å². The van der Waals surface area contributed by atoms with Gasteiger partial charge in [-0.1, -0.05) is 0 Å². The molecule has 1 aromatic heterocycles. The van der Waals surface area contributed by atoms with Gasteiger partial charge in [-0.3, -0.25) is 4.79 Å². The number of carbonyl (C=O) groups excluding carboxylic acids is 1. The van der Waals surface area contributed by atoms with Crippen LogP contribution < -0.4 is 11.1 Å². The zero-order valence-corrected chi connectivity index (χ0v) is 12.3. The minimum Gasteiger partial charge on any atom is -0.508 e. The van der Waals surface area contributed by atoms with Crippen molar-refractivity contribution in [1.29, 1.82) is 0 Å². The van der Waals surface area contributed by atoms with Crippen LogP contribution in [0, 0.1) is 6.92 Å². The first-order valence-electron chi connectivity index (χ1n) is 6.40. The standard InChI is InChI=1S/C15H18N2O2S/c1-9(7-12-5-3-10(2)20-12)17-15(19)13-8-11(18)4-6-14(13)16/h3-6,8-9,18H,7,16H2,1-2H3,(H,17,19). The number of phenols is 1. The number of carbonyl (C=O) groups is 1. The van der Waals surface area contributed by atoms with Gasteiger partial charge in [-0.05, 0) is 44.2 Å². The Balaban J connectivity index is 2.02. The van der Waals surface area contributed by atoms with E-state index in [1.807, 2.05) is 6.92 Å². The van der Waals surface area contributed by atoms with Crippen molar-refractivity contribution < 1.29 is 9.90 Å². The number of hydrogen-bond donors (Lipinski definition) is 3. The fourth-order valence-electron chi connectivity index (χ4n) is 1.99. The van der Waals surface area contributed by atoms with Crippen molar-refractivity contribution in [2.24, 2.45) is 0 Å². The van der Waals surface area contributed by atoms with E-state index in [1.165, 1.54) is 28.0 Å². The smallest absolute Gasteiger partial charge is 0.253 e. The predicted octanol–water partition coefficient (Wildman–Crippen LogP) is 2.71. The van der Waals surface area contributed by atoms with Gasteiger partial charge in [0.25, 0.3) is 5.91 Å². The second kappa shape index (κ2) is 5.96. The van der Waals surface area contributed by atoms with E-state index in [2.05, 4.69) is 24.4 Å². The number of phenolic OH excluding ortho intramolecular Hbond substituents is 1. The molecule has 0 radical (unpaired) electrons. The van der Waals surface area contributed by atoms with Gasteiger partial charge in [0.2, 0.25) is 0 Å². The number of nitrogens with two attached hydrogens (primary N) is 1. The number of hydrogen-bond acceptors (Lipinski definition) is 4. The van der Waals surface area contributed by atoms with E-state index >= 15 is 0 Å². The van der Waals surface area contributed by atoms with Crippen LogP contribution in [-0.2, 0) is 6.42 Å². The lowest BCUT2D eigenvalue weighted by molar-refractivity contribution is 0.0940. The fourth-order valence-corrected chi connectivity index (χ4v) is 3.01. The van der Waals surface area contributed by atoms with E-state index in [-0.39, 0.29) is 17.7 Å².